The van der Waals surface area contributed by atoms with Crippen molar-refractivity contribution < 1.29 is 19.8 Å². The highest BCUT2D eigenvalue weighted by atomic mass is 16.4. The second-order valence-electron chi connectivity index (χ2n) is 6.05. The van der Waals surface area contributed by atoms with Crippen molar-refractivity contribution in [3.05, 3.63) is 84.2 Å². The number of nitrogens with one attached hydrogen (secondary N) is 1. The van der Waals surface area contributed by atoms with Crippen LogP contribution in [0.5, 0.6) is 0 Å². The van der Waals surface area contributed by atoms with Crippen molar-refractivity contribution in [3.63, 3.8) is 0 Å². The van der Waals surface area contributed by atoms with E-state index in [0.717, 1.165) is 11.3 Å². The van der Waals surface area contributed by atoms with Gasteiger partial charge in [-0.3, -0.25) is 4.79 Å². The first-order valence-electron chi connectivity index (χ1n) is 8.40. The molecule has 27 heavy (non-hydrogen) atoms. The van der Waals surface area contributed by atoms with E-state index in [2.05, 4.69) is 10.4 Å². The topological polar surface area (TPSA) is 104 Å². The summed E-state index contributed by atoms with van der Waals surface area (Å²) in [6.45, 7) is 0. The van der Waals surface area contributed by atoms with Crippen LogP contribution in [0.25, 0.3) is 5.69 Å². The van der Waals surface area contributed by atoms with Crippen molar-refractivity contribution in [2.24, 2.45) is 0 Å². The van der Waals surface area contributed by atoms with Crippen LogP contribution in [-0.4, -0.2) is 44.0 Å². The smallest absolute Gasteiger partial charge is 0.334 e. The molecule has 3 N–H and O–H groups in total. The third kappa shape index (κ3) is 4.59. The number of carboxylic acids is 1. The van der Waals surface area contributed by atoms with Gasteiger partial charge in [0.2, 0.25) is 0 Å². The molecule has 0 aliphatic rings. The number of carbonyl (C=O) groups excluding carboxylic acids is 1. The van der Waals surface area contributed by atoms with Crippen LogP contribution in [0.15, 0.2) is 73.1 Å². The number of aliphatic hydroxyl groups excluding tert-OH is 1. The zero-order valence-corrected chi connectivity index (χ0v) is 14.4. The molecule has 3 rings (SSSR count). The van der Waals surface area contributed by atoms with Gasteiger partial charge in [0, 0.05) is 18.0 Å². The fourth-order valence-electron chi connectivity index (χ4n) is 2.72. The van der Waals surface area contributed by atoms with E-state index < -0.39 is 24.0 Å². The second-order valence-corrected chi connectivity index (χ2v) is 6.05. The van der Waals surface area contributed by atoms with Gasteiger partial charge in [0.25, 0.3) is 5.91 Å². The van der Waals surface area contributed by atoms with Crippen molar-refractivity contribution in [2.75, 3.05) is 0 Å². The van der Waals surface area contributed by atoms with Gasteiger partial charge in [-0.25, -0.2) is 9.48 Å². The molecule has 0 saturated carbocycles. The van der Waals surface area contributed by atoms with Crippen LogP contribution in [-0.2, 0) is 11.2 Å². The van der Waals surface area contributed by atoms with E-state index >= 15 is 0 Å². The van der Waals surface area contributed by atoms with Crippen molar-refractivity contribution in [1.29, 1.82) is 0 Å². The molecule has 0 aliphatic heterocycles. The summed E-state index contributed by atoms with van der Waals surface area (Å²) in [7, 11) is 0. The molecule has 0 saturated heterocycles. The summed E-state index contributed by atoms with van der Waals surface area (Å²) < 4.78 is 1.66. The summed E-state index contributed by atoms with van der Waals surface area (Å²) in [6.07, 6.45) is 1.93. The van der Waals surface area contributed by atoms with E-state index in [0.29, 0.717) is 5.56 Å². The summed E-state index contributed by atoms with van der Waals surface area (Å²) in [5, 5.41) is 25.9. The summed E-state index contributed by atoms with van der Waals surface area (Å²) in [5.74, 6) is -1.84. The Hall–Kier alpha value is -3.45. The molecule has 0 unspecified atom stereocenters. The van der Waals surface area contributed by atoms with Crippen LogP contribution in [0.3, 0.4) is 0 Å². The number of carboxylic acid groups (broad SMARTS) is 1. The maximum atomic E-state index is 12.5. The molecule has 1 heterocycles. The van der Waals surface area contributed by atoms with E-state index in [9.17, 15) is 14.7 Å². The van der Waals surface area contributed by atoms with Crippen molar-refractivity contribution in [1.82, 2.24) is 15.1 Å². The van der Waals surface area contributed by atoms with E-state index in [-0.39, 0.29) is 6.42 Å². The highest BCUT2D eigenvalue weighted by molar-refractivity contribution is 5.95. The van der Waals surface area contributed by atoms with Gasteiger partial charge in [0.15, 0.2) is 6.10 Å². The molecule has 0 aliphatic carbocycles. The molecule has 0 bridgehead atoms. The number of benzene rings is 2. The number of nitrogens with zero attached hydrogens (tertiary/aromatic N) is 2. The highest BCUT2D eigenvalue weighted by Gasteiger charge is 2.27. The Morgan fingerprint density at radius 1 is 1.04 bits per heavy atom. The molecule has 3 aromatic rings. The molecule has 0 radical (unpaired) electrons. The van der Waals surface area contributed by atoms with Gasteiger partial charge in [-0.15, -0.1) is 0 Å². The Kier molecular flexibility index (Phi) is 5.63. The van der Waals surface area contributed by atoms with Gasteiger partial charge < -0.3 is 15.5 Å². The zero-order chi connectivity index (χ0) is 19.2. The Morgan fingerprint density at radius 2 is 1.74 bits per heavy atom. The van der Waals surface area contributed by atoms with E-state index in [1.165, 1.54) is 0 Å². The van der Waals surface area contributed by atoms with Gasteiger partial charge in [-0.1, -0.05) is 30.3 Å². The Bertz CT molecular complexity index is 893. The van der Waals surface area contributed by atoms with Gasteiger partial charge in [-0.05, 0) is 42.3 Å². The lowest BCUT2D eigenvalue weighted by Gasteiger charge is -2.21. The lowest BCUT2D eigenvalue weighted by molar-refractivity contribution is -0.148. The molecule has 0 fully saturated rings. The average Bonchev–Trinajstić information content (AvgIpc) is 3.22. The number of amides is 1. The van der Waals surface area contributed by atoms with Crippen LogP contribution in [0.2, 0.25) is 0 Å². The summed E-state index contributed by atoms with van der Waals surface area (Å²) in [6, 6.07) is 16.7. The second kappa shape index (κ2) is 8.29. The number of hydrogen-bond donors (Lipinski definition) is 3. The van der Waals surface area contributed by atoms with Gasteiger partial charge in [-0.2, -0.15) is 5.10 Å². The van der Waals surface area contributed by atoms with Crippen LogP contribution in [0, 0.1) is 0 Å². The van der Waals surface area contributed by atoms with Crippen LogP contribution in [0.4, 0.5) is 0 Å². The minimum atomic E-state index is -1.71. The third-order valence-corrected chi connectivity index (χ3v) is 4.15. The van der Waals surface area contributed by atoms with Gasteiger partial charge in [0.1, 0.15) is 0 Å². The Balaban J connectivity index is 1.74. The fraction of sp³-hybridized carbons (Fsp3) is 0.150. The molecule has 0 spiro atoms. The fourth-order valence-corrected chi connectivity index (χ4v) is 2.72. The molecule has 2 aromatic carbocycles. The first-order valence-corrected chi connectivity index (χ1v) is 8.40. The maximum Gasteiger partial charge on any atom is 0.334 e. The molecule has 1 amide bonds. The zero-order valence-electron chi connectivity index (χ0n) is 14.4. The Morgan fingerprint density at radius 3 is 2.33 bits per heavy atom. The van der Waals surface area contributed by atoms with Crippen molar-refractivity contribution in [3.8, 4) is 5.69 Å². The number of aliphatic hydroxyl groups is 1. The molecule has 7 nitrogen and oxygen atoms in total. The van der Waals surface area contributed by atoms with Crippen molar-refractivity contribution in [2.45, 2.75) is 18.6 Å². The maximum absolute atomic E-state index is 12.5. The van der Waals surface area contributed by atoms with Crippen LogP contribution in [0.1, 0.15) is 15.9 Å². The molecular weight excluding hydrogens is 346 g/mol. The van der Waals surface area contributed by atoms with Gasteiger partial charge in [0.05, 0.1) is 11.7 Å². The number of rotatable bonds is 7. The molecular formula is C20H19N3O4. The normalized spacial score (nSPS) is 12.9. The predicted octanol–water partition coefficient (Wildman–Crippen LogP) is 1.66. The van der Waals surface area contributed by atoms with E-state index in [4.69, 9.17) is 5.11 Å². The monoisotopic (exact) mass is 365 g/mol. The number of aliphatic carboxylic acids is 1. The summed E-state index contributed by atoms with van der Waals surface area (Å²) in [4.78, 5) is 23.7. The summed E-state index contributed by atoms with van der Waals surface area (Å²) >= 11 is 0. The minimum Gasteiger partial charge on any atom is -0.479 e. The number of hydrogen-bond acceptors (Lipinski definition) is 4. The summed E-state index contributed by atoms with van der Waals surface area (Å²) in [5.41, 5.74) is 1.97. The standard InChI is InChI=1S/C20H19N3O4/c24-18(20(26)27)17(13-14-5-2-1-3-6-14)22-19(25)15-7-9-16(10-8-15)23-12-4-11-21-23/h1-12,17-18,24H,13H2,(H,22,25)(H,26,27)/t17-,18-/m1/s1. The lowest BCUT2D eigenvalue weighted by Crippen LogP contribution is -2.48. The van der Waals surface area contributed by atoms with E-state index in [1.807, 2.05) is 30.3 Å². The molecule has 7 heteroatoms. The average molecular weight is 365 g/mol. The van der Waals surface area contributed by atoms with Crippen molar-refractivity contribution >= 4 is 11.9 Å². The largest absolute Gasteiger partial charge is 0.479 e. The molecule has 2 atom stereocenters. The molecule has 138 valence electrons. The van der Waals surface area contributed by atoms with E-state index in [1.54, 1.807) is 47.4 Å². The predicted molar refractivity (Wildman–Crippen MR) is 98.6 cm³/mol. The van der Waals surface area contributed by atoms with Crippen LogP contribution < -0.4 is 5.32 Å². The Labute approximate surface area is 155 Å². The first-order chi connectivity index (χ1) is 13.0. The SMILES string of the molecule is O=C(N[C@H](Cc1ccccc1)[C@@H](O)C(=O)O)c1ccc(-n2cccn2)cc1. The van der Waals surface area contributed by atoms with Gasteiger partial charge >= 0.3 is 5.97 Å². The molecule has 1 aromatic heterocycles. The quantitative estimate of drug-likeness (QED) is 0.591. The third-order valence-electron chi connectivity index (χ3n) is 4.15. The number of aromatic nitrogens is 2. The minimum absolute atomic E-state index is 0.200. The highest BCUT2D eigenvalue weighted by Crippen LogP contribution is 2.11. The number of carbonyl (C=O) groups is 2. The lowest BCUT2D eigenvalue weighted by atomic mass is 10.0. The van der Waals surface area contributed by atoms with Crippen LogP contribution >= 0.6 is 0 Å². The first kappa shape index (κ1) is 18.3.